The molecule has 4 aromatic rings. The topological polar surface area (TPSA) is 111 Å². The van der Waals surface area contributed by atoms with Crippen LogP contribution in [0.15, 0.2) is 42.9 Å². The first-order chi connectivity index (χ1) is 18.5. The molecule has 1 aromatic carbocycles. The number of halogens is 5. The first kappa shape index (κ1) is 25.9. The standard InChI is InChI=1S/C24H18F5N7O3/c1-37-21-15(10-32-22(33-21)38-2)17-8-18(20-31-5-6-36(20)34-17)35-11-19(23(25,26)12-35)39-14-4-3-13(9-30)16(7-14)24(27,28)29/h3-8,10,19H,11-12H2,1-2H3. The van der Waals surface area contributed by atoms with Crippen LogP contribution in [0.4, 0.5) is 27.6 Å². The highest BCUT2D eigenvalue weighted by molar-refractivity contribution is 5.76. The van der Waals surface area contributed by atoms with Crippen LogP contribution in [0.1, 0.15) is 11.1 Å². The normalized spacial score (nSPS) is 16.8. The Hall–Kier alpha value is -4.74. The number of alkyl halides is 5. The lowest BCUT2D eigenvalue weighted by atomic mass is 10.1. The summed E-state index contributed by atoms with van der Waals surface area (Å²) in [6.45, 7) is -1.18. The Balaban J connectivity index is 1.50. The number of rotatable bonds is 6. The monoisotopic (exact) mass is 547 g/mol. The molecule has 10 nitrogen and oxygen atoms in total. The average Bonchev–Trinajstić information content (AvgIpc) is 3.50. The van der Waals surface area contributed by atoms with Gasteiger partial charge < -0.3 is 19.1 Å². The zero-order chi connectivity index (χ0) is 27.9. The molecule has 0 amide bonds. The predicted molar refractivity (Wildman–Crippen MR) is 125 cm³/mol. The fraction of sp³-hybridized carbons (Fsp3) is 0.292. The van der Waals surface area contributed by atoms with Crippen LogP contribution in [-0.2, 0) is 6.18 Å². The van der Waals surface area contributed by atoms with E-state index in [9.17, 15) is 13.2 Å². The average molecular weight is 547 g/mol. The van der Waals surface area contributed by atoms with E-state index in [0.717, 1.165) is 12.1 Å². The number of aromatic nitrogens is 5. The zero-order valence-corrected chi connectivity index (χ0v) is 20.3. The molecule has 1 fully saturated rings. The molecule has 1 aliphatic heterocycles. The Morgan fingerprint density at radius 1 is 1.13 bits per heavy atom. The molecule has 1 unspecified atom stereocenters. The number of hydrogen-bond acceptors (Lipinski definition) is 9. The smallest absolute Gasteiger partial charge is 0.417 e. The summed E-state index contributed by atoms with van der Waals surface area (Å²) >= 11 is 0. The van der Waals surface area contributed by atoms with Crippen LogP contribution in [0.25, 0.3) is 16.9 Å². The van der Waals surface area contributed by atoms with E-state index in [4.69, 9.17) is 19.5 Å². The van der Waals surface area contributed by atoms with E-state index < -0.39 is 41.6 Å². The third-order valence-corrected chi connectivity index (χ3v) is 6.02. The molecule has 202 valence electrons. The molecule has 1 atom stereocenters. The second-order valence-corrected chi connectivity index (χ2v) is 8.45. The Kier molecular flexibility index (Phi) is 6.33. The minimum Gasteiger partial charge on any atom is -0.482 e. The van der Waals surface area contributed by atoms with Crippen molar-refractivity contribution in [1.82, 2.24) is 24.6 Å². The molecule has 0 radical (unpaired) electrons. The Bertz CT molecular complexity index is 1580. The highest BCUT2D eigenvalue weighted by Gasteiger charge is 2.51. The van der Waals surface area contributed by atoms with Gasteiger partial charge in [0.05, 0.1) is 55.8 Å². The van der Waals surface area contributed by atoms with E-state index in [1.165, 1.54) is 54.4 Å². The fourth-order valence-electron chi connectivity index (χ4n) is 4.20. The maximum Gasteiger partial charge on any atom is 0.417 e. The van der Waals surface area contributed by atoms with E-state index in [1.807, 2.05) is 0 Å². The molecule has 0 bridgehead atoms. The fourth-order valence-corrected chi connectivity index (χ4v) is 4.20. The number of fused-ring (bicyclic) bond motifs is 1. The van der Waals surface area contributed by atoms with Crippen molar-refractivity contribution in [2.75, 3.05) is 32.2 Å². The van der Waals surface area contributed by atoms with Gasteiger partial charge in [-0.05, 0) is 24.3 Å². The van der Waals surface area contributed by atoms with Gasteiger partial charge >= 0.3 is 18.1 Å². The number of nitriles is 1. The molecule has 0 spiro atoms. The van der Waals surface area contributed by atoms with Gasteiger partial charge in [0.2, 0.25) is 5.88 Å². The van der Waals surface area contributed by atoms with E-state index in [1.54, 1.807) is 0 Å². The van der Waals surface area contributed by atoms with Gasteiger partial charge in [-0.1, -0.05) is 0 Å². The maximum absolute atomic E-state index is 15.1. The number of ether oxygens (including phenoxy) is 3. The van der Waals surface area contributed by atoms with Gasteiger partial charge in [-0.15, -0.1) is 0 Å². The van der Waals surface area contributed by atoms with Crippen LogP contribution in [-0.4, -0.2) is 63.9 Å². The lowest BCUT2D eigenvalue weighted by Gasteiger charge is -2.20. The molecule has 15 heteroatoms. The summed E-state index contributed by atoms with van der Waals surface area (Å²) < 4.78 is 87.4. The molecule has 3 aromatic heterocycles. The second kappa shape index (κ2) is 9.53. The summed E-state index contributed by atoms with van der Waals surface area (Å²) in [7, 11) is 2.77. The van der Waals surface area contributed by atoms with Crippen molar-refractivity contribution in [2.45, 2.75) is 18.2 Å². The predicted octanol–water partition coefficient (Wildman–Crippen LogP) is 4.00. The van der Waals surface area contributed by atoms with Gasteiger partial charge in [0, 0.05) is 18.6 Å². The molecule has 0 aliphatic carbocycles. The van der Waals surface area contributed by atoms with Gasteiger partial charge in [0.15, 0.2) is 11.8 Å². The summed E-state index contributed by atoms with van der Waals surface area (Å²) in [6, 6.07) is 5.49. The van der Waals surface area contributed by atoms with Gasteiger partial charge in [0.25, 0.3) is 0 Å². The maximum atomic E-state index is 15.1. The third-order valence-electron chi connectivity index (χ3n) is 6.02. The summed E-state index contributed by atoms with van der Waals surface area (Å²) in [6.07, 6.45) is -2.28. The van der Waals surface area contributed by atoms with Crippen LogP contribution < -0.4 is 19.1 Å². The summed E-state index contributed by atoms with van der Waals surface area (Å²) in [5, 5.41) is 13.4. The highest BCUT2D eigenvalue weighted by Crippen LogP contribution is 2.39. The lowest BCUT2D eigenvalue weighted by molar-refractivity contribution is -0.138. The SMILES string of the molecule is COc1ncc(-c2cc(N3CC(Oc4ccc(C#N)c(C(F)(F)F)c4)C(F)(F)C3)c3nccn3n2)c(OC)n1. The number of hydrogen-bond donors (Lipinski definition) is 0. The van der Waals surface area contributed by atoms with Crippen molar-refractivity contribution in [2.24, 2.45) is 0 Å². The van der Waals surface area contributed by atoms with Crippen LogP contribution in [0.2, 0.25) is 0 Å². The molecule has 4 heterocycles. The molecule has 0 N–H and O–H groups in total. The van der Waals surface area contributed by atoms with E-state index in [0.29, 0.717) is 11.6 Å². The largest absolute Gasteiger partial charge is 0.482 e. The molecule has 1 aliphatic rings. The van der Waals surface area contributed by atoms with Gasteiger partial charge in [-0.2, -0.15) is 28.5 Å². The van der Waals surface area contributed by atoms with Crippen LogP contribution in [0, 0.1) is 11.3 Å². The molecule has 1 saturated heterocycles. The minimum absolute atomic E-state index is 0.0511. The van der Waals surface area contributed by atoms with Crippen LogP contribution >= 0.6 is 0 Å². The lowest BCUT2D eigenvalue weighted by Crippen LogP contribution is -2.36. The Morgan fingerprint density at radius 3 is 2.62 bits per heavy atom. The molecule has 39 heavy (non-hydrogen) atoms. The van der Waals surface area contributed by atoms with Crippen LogP contribution in [0.3, 0.4) is 0 Å². The first-order valence-electron chi connectivity index (χ1n) is 11.2. The number of nitrogens with zero attached hydrogens (tertiary/aromatic N) is 7. The first-order valence-corrected chi connectivity index (χ1v) is 11.2. The van der Waals surface area contributed by atoms with Gasteiger partial charge in [-0.25, -0.2) is 23.3 Å². The van der Waals surface area contributed by atoms with Crippen molar-refractivity contribution in [1.29, 1.82) is 5.26 Å². The number of anilines is 1. The van der Waals surface area contributed by atoms with Crippen molar-refractivity contribution >= 4 is 11.3 Å². The quantitative estimate of drug-likeness (QED) is 0.331. The van der Waals surface area contributed by atoms with Crippen molar-refractivity contribution in [3.8, 4) is 35.0 Å². The number of methoxy groups -OCH3 is 2. The molecule has 5 rings (SSSR count). The summed E-state index contributed by atoms with van der Waals surface area (Å²) in [4.78, 5) is 13.7. The highest BCUT2D eigenvalue weighted by atomic mass is 19.4. The number of benzene rings is 1. The second-order valence-electron chi connectivity index (χ2n) is 8.45. The zero-order valence-electron chi connectivity index (χ0n) is 20.3. The summed E-state index contributed by atoms with van der Waals surface area (Å²) in [5.41, 5.74) is -0.741. The van der Waals surface area contributed by atoms with E-state index >= 15 is 8.78 Å². The molecular formula is C24H18F5N7O3. The van der Waals surface area contributed by atoms with Gasteiger partial charge in [-0.3, -0.25) is 0 Å². The molecule has 0 saturated carbocycles. The number of imidazole rings is 1. The van der Waals surface area contributed by atoms with Crippen molar-refractivity contribution in [3.63, 3.8) is 0 Å². The Labute approximate surface area is 217 Å². The molecular weight excluding hydrogens is 529 g/mol. The van der Waals surface area contributed by atoms with Crippen molar-refractivity contribution in [3.05, 3.63) is 54.0 Å². The third kappa shape index (κ3) is 4.80. The summed E-state index contributed by atoms with van der Waals surface area (Å²) in [5.74, 6) is -3.75. The Morgan fingerprint density at radius 2 is 1.92 bits per heavy atom. The van der Waals surface area contributed by atoms with E-state index in [2.05, 4.69) is 20.1 Å². The minimum atomic E-state index is -4.86. The van der Waals surface area contributed by atoms with Crippen LogP contribution in [0.5, 0.6) is 17.6 Å². The van der Waals surface area contributed by atoms with Gasteiger partial charge in [0.1, 0.15) is 11.4 Å². The van der Waals surface area contributed by atoms with Crippen molar-refractivity contribution < 1.29 is 36.2 Å². The van der Waals surface area contributed by atoms with E-state index in [-0.39, 0.29) is 35.5 Å².